The van der Waals surface area contributed by atoms with E-state index in [9.17, 15) is 0 Å². The molecular formula is C8H16N2S. The van der Waals surface area contributed by atoms with Crippen molar-refractivity contribution in [3.63, 3.8) is 0 Å². The summed E-state index contributed by atoms with van der Waals surface area (Å²) < 4.78 is 0. The summed E-state index contributed by atoms with van der Waals surface area (Å²) in [7, 11) is 2.26. The maximum absolute atomic E-state index is 2.57. The van der Waals surface area contributed by atoms with Gasteiger partial charge in [-0.15, -0.1) is 11.8 Å². The van der Waals surface area contributed by atoms with Crippen molar-refractivity contribution in [3.05, 3.63) is 0 Å². The molecule has 2 atom stereocenters. The van der Waals surface area contributed by atoms with Crippen LogP contribution in [0.15, 0.2) is 0 Å². The highest BCUT2D eigenvalue weighted by Crippen LogP contribution is 2.30. The van der Waals surface area contributed by atoms with Crippen LogP contribution >= 0.6 is 11.8 Å². The summed E-state index contributed by atoms with van der Waals surface area (Å²) in [5.74, 6) is 1.22. The Labute approximate surface area is 72.9 Å². The zero-order chi connectivity index (χ0) is 7.84. The fourth-order valence-corrected chi connectivity index (χ4v) is 2.75. The number of thioether (sulfide) groups is 1. The second-order valence-electron chi connectivity index (χ2n) is 3.66. The lowest BCUT2D eigenvalue weighted by atomic mass is 9.89. The highest BCUT2D eigenvalue weighted by molar-refractivity contribution is 7.98. The van der Waals surface area contributed by atoms with Crippen molar-refractivity contribution in [1.29, 1.82) is 0 Å². The predicted molar refractivity (Wildman–Crippen MR) is 49.9 cm³/mol. The number of hydrogen-bond donors (Lipinski definition) is 0. The van der Waals surface area contributed by atoms with Crippen LogP contribution in [0.1, 0.15) is 6.42 Å². The Morgan fingerprint density at radius 3 is 2.45 bits per heavy atom. The number of likely N-dealkylation sites (N-methyl/N-ethyl adjacent to an activating group) is 1. The third-order valence-electron chi connectivity index (χ3n) is 2.95. The molecule has 0 spiro atoms. The van der Waals surface area contributed by atoms with Crippen molar-refractivity contribution in [1.82, 2.24) is 9.80 Å². The molecule has 0 radical (unpaired) electrons. The smallest absolute Gasteiger partial charge is 0.0442 e. The zero-order valence-corrected chi connectivity index (χ0v) is 8.10. The molecule has 0 aromatic heterocycles. The average Bonchev–Trinajstić information content (AvgIpc) is 2.05. The zero-order valence-electron chi connectivity index (χ0n) is 7.29. The van der Waals surface area contributed by atoms with Crippen molar-refractivity contribution < 1.29 is 0 Å². The van der Waals surface area contributed by atoms with E-state index >= 15 is 0 Å². The number of fused-ring (bicyclic) bond motifs is 2. The summed E-state index contributed by atoms with van der Waals surface area (Å²) in [6.07, 6.45) is 3.63. The van der Waals surface area contributed by atoms with Crippen LogP contribution in [-0.2, 0) is 0 Å². The van der Waals surface area contributed by atoms with E-state index in [2.05, 4.69) is 23.1 Å². The highest BCUT2D eigenvalue weighted by Gasteiger charge is 2.41. The minimum Gasteiger partial charge on any atom is -0.298 e. The van der Waals surface area contributed by atoms with Crippen LogP contribution in [0.2, 0.25) is 0 Å². The molecule has 0 N–H and O–H groups in total. The molecule has 0 aliphatic carbocycles. The van der Waals surface area contributed by atoms with Gasteiger partial charge in [0.1, 0.15) is 0 Å². The van der Waals surface area contributed by atoms with Crippen LogP contribution in [0.25, 0.3) is 0 Å². The topological polar surface area (TPSA) is 6.48 Å². The normalized spacial score (nSPS) is 38.7. The van der Waals surface area contributed by atoms with Crippen LogP contribution in [0.3, 0.4) is 0 Å². The van der Waals surface area contributed by atoms with Crippen LogP contribution in [0.5, 0.6) is 0 Å². The van der Waals surface area contributed by atoms with Gasteiger partial charge >= 0.3 is 0 Å². The minimum absolute atomic E-state index is 0.876. The molecule has 3 aliphatic heterocycles. The molecule has 0 amide bonds. The van der Waals surface area contributed by atoms with Gasteiger partial charge in [-0.25, -0.2) is 0 Å². The van der Waals surface area contributed by atoms with Gasteiger partial charge in [0.15, 0.2) is 0 Å². The maximum Gasteiger partial charge on any atom is 0.0442 e. The van der Waals surface area contributed by atoms with E-state index in [0.717, 1.165) is 12.1 Å². The summed E-state index contributed by atoms with van der Waals surface area (Å²) in [6.45, 7) is 2.60. The summed E-state index contributed by atoms with van der Waals surface area (Å²) >= 11 is 1.94. The average molecular weight is 172 g/mol. The number of nitrogens with zero attached hydrogens (tertiary/aromatic N) is 2. The Bertz CT molecular complexity index is 139. The standard InChI is InChI=1S/C8H16N2S/c1-9-7-3-8(9)5-10(4-7)6-11-2/h7-8H,3-6H2,1-2H3. The molecule has 0 aromatic carbocycles. The predicted octanol–water partition coefficient (Wildman–Crippen LogP) is 0.695. The van der Waals surface area contributed by atoms with Crippen molar-refractivity contribution >= 4 is 11.8 Å². The number of rotatable bonds is 2. The molecule has 0 saturated carbocycles. The quantitative estimate of drug-likeness (QED) is 0.605. The molecule has 3 rings (SSSR count). The molecule has 2 unspecified atom stereocenters. The van der Waals surface area contributed by atoms with Crippen molar-refractivity contribution in [2.24, 2.45) is 0 Å². The molecular weight excluding hydrogens is 156 g/mol. The van der Waals surface area contributed by atoms with Gasteiger partial charge in [0.2, 0.25) is 0 Å². The van der Waals surface area contributed by atoms with Crippen LogP contribution in [-0.4, -0.2) is 54.2 Å². The van der Waals surface area contributed by atoms with E-state index < -0.39 is 0 Å². The molecule has 2 bridgehead atoms. The SMILES string of the molecule is CSCN1CC2CC(C1)N2C. The Morgan fingerprint density at radius 1 is 1.36 bits per heavy atom. The molecule has 3 heteroatoms. The van der Waals surface area contributed by atoms with Gasteiger partial charge in [-0.1, -0.05) is 0 Å². The Balaban J connectivity index is 1.84. The van der Waals surface area contributed by atoms with Crippen LogP contribution < -0.4 is 0 Å². The number of piperazine rings is 1. The molecule has 0 aromatic rings. The number of hydrogen-bond acceptors (Lipinski definition) is 3. The Morgan fingerprint density at radius 2 is 2.00 bits per heavy atom. The summed E-state index contributed by atoms with van der Waals surface area (Å²) in [4.78, 5) is 5.10. The van der Waals surface area contributed by atoms with E-state index in [4.69, 9.17) is 0 Å². The van der Waals surface area contributed by atoms with Gasteiger partial charge < -0.3 is 0 Å². The first-order chi connectivity index (χ1) is 5.31. The van der Waals surface area contributed by atoms with E-state index in [1.165, 1.54) is 25.4 Å². The van der Waals surface area contributed by atoms with Gasteiger partial charge in [-0.2, -0.15) is 0 Å². The van der Waals surface area contributed by atoms with Gasteiger partial charge in [0, 0.05) is 31.0 Å². The minimum atomic E-state index is 0.876. The van der Waals surface area contributed by atoms with Gasteiger partial charge in [0.05, 0.1) is 0 Å². The summed E-state index contributed by atoms with van der Waals surface area (Å²) in [6, 6.07) is 1.75. The van der Waals surface area contributed by atoms with Gasteiger partial charge in [-0.05, 0) is 19.7 Å². The first-order valence-electron chi connectivity index (χ1n) is 4.24. The van der Waals surface area contributed by atoms with E-state index in [0.29, 0.717) is 0 Å². The van der Waals surface area contributed by atoms with Crippen LogP contribution in [0, 0.1) is 0 Å². The van der Waals surface area contributed by atoms with Gasteiger partial charge in [-0.3, -0.25) is 9.80 Å². The summed E-state index contributed by atoms with van der Waals surface area (Å²) in [5.41, 5.74) is 0. The van der Waals surface area contributed by atoms with E-state index in [1.54, 1.807) is 0 Å². The Hall–Kier alpha value is 0.270. The largest absolute Gasteiger partial charge is 0.298 e. The van der Waals surface area contributed by atoms with E-state index in [1.807, 2.05) is 11.8 Å². The van der Waals surface area contributed by atoms with Crippen molar-refractivity contribution in [2.75, 3.05) is 32.3 Å². The molecule has 3 aliphatic rings. The second-order valence-corrected chi connectivity index (χ2v) is 4.50. The lowest BCUT2D eigenvalue weighted by Crippen LogP contribution is -2.66. The molecule has 2 nitrogen and oxygen atoms in total. The third-order valence-corrected chi connectivity index (χ3v) is 3.57. The fraction of sp³-hybridized carbons (Fsp3) is 1.00. The second kappa shape index (κ2) is 2.96. The Kier molecular flexibility index (Phi) is 2.12. The summed E-state index contributed by atoms with van der Waals surface area (Å²) in [5, 5.41) is 0. The van der Waals surface area contributed by atoms with E-state index in [-0.39, 0.29) is 0 Å². The van der Waals surface area contributed by atoms with Crippen molar-refractivity contribution in [2.45, 2.75) is 18.5 Å². The molecule has 3 fully saturated rings. The molecule has 11 heavy (non-hydrogen) atoms. The molecule has 3 saturated heterocycles. The lowest BCUT2D eigenvalue weighted by molar-refractivity contribution is -0.0431. The first kappa shape index (κ1) is 7.90. The molecule has 3 heterocycles. The fourth-order valence-electron chi connectivity index (χ4n) is 2.17. The van der Waals surface area contributed by atoms with Crippen LogP contribution in [0.4, 0.5) is 0 Å². The highest BCUT2D eigenvalue weighted by atomic mass is 32.2. The third kappa shape index (κ3) is 1.30. The molecule has 64 valence electrons. The number of piperidine rings is 1. The first-order valence-corrected chi connectivity index (χ1v) is 5.64. The maximum atomic E-state index is 2.57. The monoisotopic (exact) mass is 172 g/mol. The van der Waals surface area contributed by atoms with Crippen molar-refractivity contribution in [3.8, 4) is 0 Å². The van der Waals surface area contributed by atoms with Gasteiger partial charge in [0.25, 0.3) is 0 Å². The lowest BCUT2D eigenvalue weighted by Gasteiger charge is -2.54.